The smallest absolute Gasteiger partial charge is 0.196 e. The minimum Gasteiger partial charge on any atom is -0.328 e. The Bertz CT molecular complexity index is 1080. The average molecular weight is 376 g/mol. The van der Waals surface area contributed by atoms with Gasteiger partial charge in [-0.05, 0) is 24.3 Å². The summed E-state index contributed by atoms with van der Waals surface area (Å²) in [5.41, 5.74) is 2.79. The lowest BCUT2D eigenvalue weighted by atomic mass is 10.2. The van der Waals surface area contributed by atoms with E-state index in [1.54, 1.807) is 0 Å². The quantitative estimate of drug-likeness (QED) is 0.394. The lowest BCUT2D eigenvalue weighted by molar-refractivity contribution is -0.112. The molecule has 1 aliphatic heterocycles. The fraction of sp³-hybridized carbons (Fsp3) is 0.158. The molecule has 3 aromatic rings. The molecule has 4 rings (SSSR count). The fourth-order valence-electron chi connectivity index (χ4n) is 3.18. The van der Waals surface area contributed by atoms with Gasteiger partial charge in [0.2, 0.25) is 0 Å². The lowest BCUT2D eigenvalue weighted by Crippen LogP contribution is -2.26. The number of benzene rings is 1. The van der Waals surface area contributed by atoms with Crippen LogP contribution in [0, 0.1) is 11.3 Å². The van der Waals surface area contributed by atoms with Gasteiger partial charge in [-0.15, -0.1) is 10.2 Å². The molecule has 1 aromatic carbocycles. The second-order valence-electron chi connectivity index (χ2n) is 6.04. The van der Waals surface area contributed by atoms with Crippen molar-refractivity contribution >= 4 is 34.6 Å². The summed E-state index contributed by atoms with van der Waals surface area (Å²) in [7, 11) is 3.73. The molecular formula is C19H16N6OS. The molecule has 0 amide bonds. The molecule has 0 saturated heterocycles. The molecule has 0 atom stereocenters. The molecule has 2 aromatic heterocycles. The summed E-state index contributed by atoms with van der Waals surface area (Å²) >= 11 is 1.27. The molecular weight excluding hydrogens is 360 g/mol. The number of nitrogens with zero attached hydrogens (tertiary/aromatic N) is 6. The van der Waals surface area contributed by atoms with Crippen LogP contribution in [0.5, 0.6) is 0 Å². The number of ketones is 1. The van der Waals surface area contributed by atoms with E-state index in [1.165, 1.54) is 11.8 Å². The third-order valence-corrected chi connectivity index (χ3v) is 5.41. The first kappa shape index (κ1) is 17.1. The number of carbonyl (C=O) groups excluding carboxylic acids is 1. The molecule has 0 radical (unpaired) electrons. The number of carbonyl (C=O) groups is 1. The second-order valence-corrected chi connectivity index (χ2v) is 6.98. The van der Waals surface area contributed by atoms with Crippen molar-refractivity contribution in [3.05, 3.63) is 60.1 Å². The lowest BCUT2D eigenvalue weighted by Gasteiger charge is -2.19. The maximum atomic E-state index is 12.8. The highest BCUT2D eigenvalue weighted by molar-refractivity contribution is 7.99. The topological polar surface area (TPSA) is 77.5 Å². The van der Waals surface area contributed by atoms with Crippen LogP contribution in [0.4, 0.5) is 11.4 Å². The van der Waals surface area contributed by atoms with Gasteiger partial charge in [0.15, 0.2) is 16.6 Å². The first-order valence-electron chi connectivity index (χ1n) is 8.28. The Labute approximate surface area is 160 Å². The fourth-order valence-corrected chi connectivity index (χ4v) is 3.97. The van der Waals surface area contributed by atoms with E-state index in [1.807, 2.05) is 77.0 Å². The summed E-state index contributed by atoms with van der Waals surface area (Å²) in [5.74, 6) is 0.465. The zero-order valence-electron chi connectivity index (χ0n) is 14.8. The van der Waals surface area contributed by atoms with Gasteiger partial charge in [-0.1, -0.05) is 30.0 Å². The molecule has 7 nitrogen and oxygen atoms in total. The third-order valence-electron chi connectivity index (χ3n) is 4.47. The van der Waals surface area contributed by atoms with E-state index >= 15 is 0 Å². The van der Waals surface area contributed by atoms with E-state index in [-0.39, 0.29) is 17.1 Å². The van der Waals surface area contributed by atoms with E-state index < -0.39 is 0 Å². The number of thioether (sulfide) groups is 1. The number of pyridine rings is 1. The zero-order valence-corrected chi connectivity index (χ0v) is 15.6. The van der Waals surface area contributed by atoms with Crippen LogP contribution in [0.25, 0.3) is 5.65 Å². The van der Waals surface area contributed by atoms with Crippen LogP contribution >= 0.6 is 11.8 Å². The number of allylic oxidation sites excluding steroid dienone is 1. The first-order chi connectivity index (χ1) is 13.1. The van der Waals surface area contributed by atoms with Gasteiger partial charge in [0.25, 0.3) is 0 Å². The predicted octanol–water partition coefficient (Wildman–Crippen LogP) is 2.71. The molecule has 27 heavy (non-hydrogen) atoms. The zero-order chi connectivity index (χ0) is 19.0. The van der Waals surface area contributed by atoms with Gasteiger partial charge in [-0.25, -0.2) is 0 Å². The van der Waals surface area contributed by atoms with E-state index in [0.29, 0.717) is 11.0 Å². The molecule has 0 bridgehead atoms. The van der Waals surface area contributed by atoms with Gasteiger partial charge < -0.3 is 9.80 Å². The molecule has 0 saturated carbocycles. The first-order valence-corrected chi connectivity index (χ1v) is 9.27. The number of para-hydroxylation sites is 2. The van der Waals surface area contributed by atoms with E-state index in [2.05, 4.69) is 16.3 Å². The van der Waals surface area contributed by atoms with Crippen molar-refractivity contribution in [2.24, 2.45) is 0 Å². The van der Waals surface area contributed by atoms with E-state index in [0.717, 1.165) is 17.0 Å². The molecule has 3 heterocycles. The van der Waals surface area contributed by atoms with Crippen LogP contribution in [0.2, 0.25) is 0 Å². The summed E-state index contributed by atoms with van der Waals surface area (Å²) < 4.78 is 1.82. The Morgan fingerprint density at radius 2 is 1.74 bits per heavy atom. The maximum absolute atomic E-state index is 12.8. The Hall–Kier alpha value is -3.31. The Balaban J connectivity index is 1.61. The van der Waals surface area contributed by atoms with Crippen molar-refractivity contribution in [1.29, 1.82) is 5.26 Å². The highest BCUT2D eigenvalue weighted by Crippen LogP contribution is 2.40. The van der Waals surface area contributed by atoms with E-state index in [4.69, 9.17) is 0 Å². The summed E-state index contributed by atoms with van der Waals surface area (Å²) in [6, 6.07) is 15.5. The molecule has 0 unspecified atom stereocenters. The van der Waals surface area contributed by atoms with Crippen LogP contribution in [-0.4, -0.2) is 40.2 Å². The van der Waals surface area contributed by atoms with Gasteiger partial charge in [0.05, 0.1) is 17.1 Å². The van der Waals surface area contributed by atoms with Gasteiger partial charge in [-0.2, -0.15) is 5.26 Å². The minimum atomic E-state index is -0.239. The Morgan fingerprint density at radius 1 is 1.07 bits per heavy atom. The number of Topliss-reactive ketones (excluding diaryl/α,β-unsaturated/α-hetero) is 1. The molecule has 1 aliphatic rings. The molecule has 0 spiro atoms. The number of aromatic nitrogens is 3. The van der Waals surface area contributed by atoms with Crippen molar-refractivity contribution in [2.75, 3.05) is 29.6 Å². The number of nitriles is 1. The van der Waals surface area contributed by atoms with Crippen LogP contribution in [-0.2, 0) is 4.79 Å². The number of fused-ring (bicyclic) bond motifs is 2. The molecule has 8 heteroatoms. The van der Waals surface area contributed by atoms with Crippen LogP contribution in [0.1, 0.15) is 0 Å². The average Bonchev–Trinajstić information content (AvgIpc) is 3.22. The number of hydrogen-bond donors (Lipinski definition) is 0. The van der Waals surface area contributed by atoms with Crippen molar-refractivity contribution in [1.82, 2.24) is 14.6 Å². The van der Waals surface area contributed by atoms with Crippen molar-refractivity contribution in [3.63, 3.8) is 0 Å². The largest absolute Gasteiger partial charge is 0.328 e. The van der Waals surface area contributed by atoms with Gasteiger partial charge in [0, 0.05) is 20.3 Å². The third kappa shape index (κ3) is 2.82. The number of hydrogen-bond acceptors (Lipinski definition) is 7. The highest BCUT2D eigenvalue weighted by atomic mass is 32.2. The van der Waals surface area contributed by atoms with Gasteiger partial charge in [0.1, 0.15) is 17.5 Å². The SMILES string of the molecule is CN1C(=C(C#N)C(=O)CSc2nnc3ccccn23)N(C)c2ccccc21. The van der Waals surface area contributed by atoms with E-state index in [9.17, 15) is 10.1 Å². The predicted molar refractivity (Wildman–Crippen MR) is 105 cm³/mol. The molecule has 0 fully saturated rings. The number of anilines is 2. The Kier molecular flexibility index (Phi) is 4.30. The standard InChI is InChI=1S/C19H16N6OS/c1-23-14-7-3-4-8-15(14)24(2)18(23)13(11-20)16(26)12-27-19-22-21-17-9-5-6-10-25(17)19/h3-10H,12H2,1-2H3. The van der Waals surface area contributed by atoms with Crippen LogP contribution in [0.3, 0.4) is 0 Å². The van der Waals surface area contributed by atoms with Crippen molar-refractivity contribution in [3.8, 4) is 6.07 Å². The minimum absolute atomic E-state index is 0.111. The molecule has 0 aliphatic carbocycles. The normalized spacial score (nSPS) is 13.0. The van der Waals surface area contributed by atoms with Crippen molar-refractivity contribution in [2.45, 2.75) is 5.16 Å². The highest BCUT2D eigenvalue weighted by Gasteiger charge is 2.31. The summed E-state index contributed by atoms with van der Waals surface area (Å²) in [5, 5.41) is 18.5. The summed E-state index contributed by atoms with van der Waals surface area (Å²) in [6.45, 7) is 0. The maximum Gasteiger partial charge on any atom is 0.196 e. The summed E-state index contributed by atoms with van der Waals surface area (Å²) in [6.07, 6.45) is 1.85. The summed E-state index contributed by atoms with van der Waals surface area (Å²) in [4.78, 5) is 16.6. The van der Waals surface area contributed by atoms with Crippen LogP contribution < -0.4 is 9.80 Å². The monoisotopic (exact) mass is 376 g/mol. The Morgan fingerprint density at radius 3 is 2.41 bits per heavy atom. The number of rotatable bonds is 4. The van der Waals surface area contributed by atoms with Crippen molar-refractivity contribution < 1.29 is 4.79 Å². The molecule has 134 valence electrons. The van der Waals surface area contributed by atoms with Crippen LogP contribution in [0.15, 0.2) is 65.2 Å². The van der Waals surface area contributed by atoms with Gasteiger partial charge in [-0.3, -0.25) is 9.20 Å². The molecule has 0 N–H and O–H groups in total. The van der Waals surface area contributed by atoms with Gasteiger partial charge >= 0.3 is 0 Å². The second kappa shape index (κ2) is 6.78.